The molecular weight excluding hydrogens is 336 g/mol. The van der Waals surface area contributed by atoms with Crippen LogP contribution in [0.1, 0.15) is 12.1 Å². The van der Waals surface area contributed by atoms with Gasteiger partial charge in [-0.2, -0.15) is 0 Å². The number of ether oxygens (including phenoxy) is 1. The van der Waals surface area contributed by atoms with Gasteiger partial charge in [-0.25, -0.2) is 4.98 Å². The highest BCUT2D eigenvalue weighted by Crippen LogP contribution is 2.32. The second-order valence-corrected chi connectivity index (χ2v) is 7.66. The number of aromatic nitrogens is 4. The van der Waals surface area contributed by atoms with Gasteiger partial charge in [0, 0.05) is 31.3 Å². The van der Waals surface area contributed by atoms with E-state index in [0.29, 0.717) is 0 Å². The number of methoxy groups -OCH3 is 1. The van der Waals surface area contributed by atoms with Crippen molar-refractivity contribution in [1.29, 1.82) is 0 Å². The van der Waals surface area contributed by atoms with Crippen LogP contribution in [-0.2, 0) is 11.3 Å². The molecule has 8 heteroatoms. The molecule has 0 aliphatic carbocycles. The van der Waals surface area contributed by atoms with E-state index in [2.05, 4.69) is 31.2 Å². The van der Waals surface area contributed by atoms with Gasteiger partial charge in [-0.05, 0) is 36.6 Å². The summed E-state index contributed by atoms with van der Waals surface area (Å²) in [6, 6.07) is 4.11. The van der Waals surface area contributed by atoms with Gasteiger partial charge in [0.2, 0.25) is 0 Å². The fourth-order valence-corrected chi connectivity index (χ4v) is 4.49. The largest absolute Gasteiger partial charge is 0.385 e. The molecule has 0 radical (unpaired) electrons. The molecule has 0 bridgehead atoms. The number of thiophene rings is 1. The van der Waals surface area contributed by atoms with Crippen molar-refractivity contribution in [1.82, 2.24) is 19.7 Å². The Balaban J connectivity index is 1.88. The minimum atomic E-state index is 0.725. The fraction of sp³-hybridized carbons (Fsp3) is 0.357. The molecule has 0 spiro atoms. The molecule has 22 heavy (non-hydrogen) atoms. The topological polar surface area (TPSA) is 52.8 Å². The quantitative estimate of drug-likeness (QED) is 0.603. The molecule has 3 rings (SSSR count). The Kier molecular flexibility index (Phi) is 5.24. The van der Waals surface area contributed by atoms with Crippen LogP contribution in [0.15, 0.2) is 32.4 Å². The molecule has 0 fully saturated rings. The third kappa shape index (κ3) is 3.57. The van der Waals surface area contributed by atoms with Crippen LogP contribution in [0, 0.1) is 6.92 Å². The molecule has 0 aromatic carbocycles. The van der Waals surface area contributed by atoms with Crippen molar-refractivity contribution in [3.8, 4) is 10.7 Å². The maximum atomic E-state index is 5.16. The molecule has 0 unspecified atom stereocenters. The highest BCUT2D eigenvalue weighted by atomic mass is 32.2. The van der Waals surface area contributed by atoms with Crippen molar-refractivity contribution in [3.05, 3.63) is 28.6 Å². The third-order valence-corrected chi connectivity index (χ3v) is 5.87. The summed E-state index contributed by atoms with van der Waals surface area (Å²) in [4.78, 5) is 5.63. The molecule has 0 aliphatic heterocycles. The van der Waals surface area contributed by atoms with Crippen LogP contribution in [0.4, 0.5) is 0 Å². The maximum Gasteiger partial charge on any atom is 0.198 e. The number of rotatable bonds is 7. The van der Waals surface area contributed by atoms with Gasteiger partial charge in [-0.15, -0.1) is 32.9 Å². The molecule has 116 valence electrons. The number of aryl methyl sites for hydroxylation is 1. The summed E-state index contributed by atoms with van der Waals surface area (Å²) in [6.07, 6.45) is 0.928. The number of hydrogen-bond donors (Lipinski definition) is 0. The van der Waals surface area contributed by atoms with Gasteiger partial charge in [0.15, 0.2) is 15.3 Å². The van der Waals surface area contributed by atoms with Crippen LogP contribution in [0.2, 0.25) is 0 Å². The molecular formula is C14H16N4OS3. The Morgan fingerprint density at radius 1 is 1.32 bits per heavy atom. The van der Waals surface area contributed by atoms with Gasteiger partial charge in [0.05, 0.1) is 4.88 Å². The zero-order chi connectivity index (χ0) is 15.4. The molecule has 0 amide bonds. The van der Waals surface area contributed by atoms with Gasteiger partial charge in [0.25, 0.3) is 0 Å². The minimum absolute atomic E-state index is 0.725. The van der Waals surface area contributed by atoms with Crippen molar-refractivity contribution in [3.63, 3.8) is 0 Å². The lowest BCUT2D eigenvalue weighted by atomic mass is 10.4. The van der Waals surface area contributed by atoms with E-state index < -0.39 is 0 Å². The fourth-order valence-electron chi connectivity index (χ4n) is 1.98. The summed E-state index contributed by atoms with van der Waals surface area (Å²) in [5, 5.41) is 13.7. The first-order valence-corrected chi connectivity index (χ1v) is 9.41. The van der Waals surface area contributed by atoms with E-state index in [1.54, 1.807) is 41.5 Å². The van der Waals surface area contributed by atoms with E-state index in [-0.39, 0.29) is 0 Å². The van der Waals surface area contributed by atoms with Gasteiger partial charge in [-0.3, -0.25) is 0 Å². The first-order valence-electron chi connectivity index (χ1n) is 6.84. The predicted molar refractivity (Wildman–Crippen MR) is 90.8 cm³/mol. The van der Waals surface area contributed by atoms with Gasteiger partial charge in [0.1, 0.15) is 0 Å². The Morgan fingerprint density at radius 3 is 2.91 bits per heavy atom. The summed E-state index contributed by atoms with van der Waals surface area (Å²) in [5.74, 6) is 0.918. The monoisotopic (exact) mass is 352 g/mol. The lowest BCUT2D eigenvalue weighted by Crippen LogP contribution is -2.04. The van der Waals surface area contributed by atoms with Crippen molar-refractivity contribution < 1.29 is 4.74 Å². The number of nitrogens with zero attached hydrogens (tertiary/aromatic N) is 4. The molecule has 0 saturated heterocycles. The summed E-state index contributed by atoms with van der Waals surface area (Å²) < 4.78 is 8.32. The van der Waals surface area contributed by atoms with Crippen molar-refractivity contribution in [2.24, 2.45) is 0 Å². The van der Waals surface area contributed by atoms with Gasteiger partial charge >= 0.3 is 0 Å². The summed E-state index contributed by atoms with van der Waals surface area (Å²) in [5.41, 5.74) is 1.04. The first kappa shape index (κ1) is 15.7. The zero-order valence-corrected chi connectivity index (χ0v) is 14.8. The van der Waals surface area contributed by atoms with Crippen LogP contribution in [-0.4, -0.2) is 33.5 Å². The molecule has 5 nitrogen and oxygen atoms in total. The van der Waals surface area contributed by atoms with Crippen molar-refractivity contribution >= 4 is 34.4 Å². The van der Waals surface area contributed by atoms with Crippen molar-refractivity contribution in [2.75, 3.05) is 13.7 Å². The van der Waals surface area contributed by atoms with E-state index in [1.807, 2.05) is 18.4 Å². The Hall–Kier alpha value is -1.22. The predicted octanol–water partition coefficient (Wildman–Crippen LogP) is 3.96. The van der Waals surface area contributed by atoms with E-state index in [9.17, 15) is 0 Å². The van der Waals surface area contributed by atoms with Gasteiger partial charge in [-0.1, -0.05) is 6.07 Å². The standard InChI is InChI=1S/C14H16N4OS3/c1-10-9-21-14(15-10)22-13-17-16-12(11-5-3-8-20-11)18(13)6-4-7-19-2/h3,5,8-9H,4,6-7H2,1-2H3. The van der Waals surface area contributed by atoms with E-state index in [1.165, 1.54) is 0 Å². The number of hydrogen-bond acceptors (Lipinski definition) is 7. The average molecular weight is 353 g/mol. The number of thiazole rings is 1. The van der Waals surface area contributed by atoms with Crippen LogP contribution >= 0.6 is 34.4 Å². The van der Waals surface area contributed by atoms with E-state index in [0.717, 1.165) is 45.5 Å². The average Bonchev–Trinajstić information content (AvgIpc) is 3.22. The Labute approximate surface area is 141 Å². The highest BCUT2D eigenvalue weighted by molar-refractivity contribution is 8.00. The molecule has 3 heterocycles. The van der Waals surface area contributed by atoms with Crippen LogP contribution < -0.4 is 0 Å². The van der Waals surface area contributed by atoms with Gasteiger partial charge < -0.3 is 9.30 Å². The van der Waals surface area contributed by atoms with Crippen LogP contribution in [0.25, 0.3) is 10.7 Å². The Morgan fingerprint density at radius 2 is 2.23 bits per heavy atom. The highest BCUT2D eigenvalue weighted by Gasteiger charge is 2.16. The smallest absolute Gasteiger partial charge is 0.198 e. The molecule has 0 aliphatic rings. The van der Waals surface area contributed by atoms with Crippen LogP contribution in [0.3, 0.4) is 0 Å². The van der Waals surface area contributed by atoms with E-state index in [4.69, 9.17) is 4.74 Å². The molecule has 0 N–H and O–H groups in total. The summed E-state index contributed by atoms with van der Waals surface area (Å²) in [7, 11) is 1.72. The second-order valence-electron chi connectivity index (χ2n) is 4.64. The summed E-state index contributed by atoms with van der Waals surface area (Å²) >= 11 is 4.88. The maximum absolute atomic E-state index is 5.16. The molecule has 0 atom stereocenters. The molecule has 0 saturated carbocycles. The third-order valence-electron chi connectivity index (χ3n) is 2.97. The Bertz CT molecular complexity index is 720. The lowest BCUT2D eigenvalue weighted by Gasteiger charge is -2.08. The first-order chi connectivity index (χ1) is 10.8. The van der Waals surface area contributed by atoms with E-state index >= 15 is 0 Å². The summed E-state index contributed by atoms with van der Waals surface area (Å²) in [6.45, 7) is 3.56. The van der Waals surface area contributed by atoms with Crippen molar-refractivity contribution in [2.45, 2.75) is 29.4 Å². The molecule has 3 aromatic heterocycles. The SMILES string of the molecule is COCCCn1c(Sc2nc(C)cs2)nnc1-c1cccs1. The minimum Gasteiger partial charge on any atom is -0.385 e. The molecule has 3 aromatic rings. The van der Waals surface area contributed by atoms with Crippen LogP contribution in [0.5, 0.6) is 0 Å². The lowest BCUT2D eigenvalue weighted by molar-refractivity contribution is 0.189. The second kappa shape index (κ2) is 7.36. The zero-order valence-electron chi connectivity index (χ0n) is 12.4. The normalized spacial score (nSPS) is 11.2.